The molecule has 0 bridgehead atoms. The van der Waals surface area contributed by atoms with Gasteiger partial charge in [-0.1, -0.05) is 13.3 Å². The predicted octanol–water partition coefficient (Wildman–Crippen LogP) is -0.275. The summed E-state index contributed by atoms with van der Waals surface area (Å²) in [4.78, 5) is 24.9. The molecule has 0 aliphatic carbocycles. The molecule has 0 unspecified atom stereocenters. The quantitative estimate of drug-likeness (QED) is 0.515. The van der Waals surface area contributed by atoms with Gasteiger partial charge < -0.3 is 15.5 Å². The Balaban J connectivity index is 2.33. The van der Waals surface area contributed by atoms with Crippen LogP contribution in [0.2, 0.25) is 0 Å². The number of nitrogens with one attached hydrogen (secondary N) is 2. The lowest BCUT2D eigenvalue weighted by molar-refractivity contribution is -0.145. The van der Waals surface area contributed by atoms with Crippen LogP contribution < -0.4 is 10.6 Å². The molecule has 1 rings (SSSR count). The minimum Gasteiger partial charge on any atom is -0.348 e. The summed E-state index contributed by atoms with van der Waals surface area (Å²) < 4.78 is 0. The van der Waals surface area contributed by atoms with Gasteiger partial charge in [0.05, 0.1) is 0 Å². The molecule has 16 heavy (non-hydrogen) atoms. The molecule has 1 saturated heterocycles. The number of rotatable bonds is 3. The van der Waals surface area contributed by atoms with Gasteiger partial charge >= 0.3 is 11.8 Å². The van der Waals surface area contributed by atoms with E-state index in [4.69, 9.17) is 0 Å². The Kier molecular flexibility index (Phi) is 5.85. The molecule has 0 aromatic carbocycles. The molecule has 0 spiro atoms. The third-order valence-electron chi connectivity index (χ3n) is 2.64. The van der Waals surface area contributed by atoms with Gasteiger partial charge in [0, 0.05) is 26.2 Å². The predicted molar refractivity (Wildman–Crippen MR) is 62.0 cm³/mol. The summed E-state index contributed by atoms with van der Waals surface area (Å²) in [5, 5.41) is 5.85. The summed E-state index contributed by atoms with van der Waals surface area (Å²) in [7, 11) is 0. The SMILES string of the molecule is CCCCNC(=O)C(=O)N1CCCNCC1. The molecule has 1 heterocycles. The van der Waals surface area contributed by atoms with Crippen LogP contribution >= 0.6 is 0 Å². The van der Waals surface area contributed by atoms with E-state index in [1.54, 1.807) is 4.90 Å². The molecule has 0 aromatic heterocycles. The van der Waals surface area contributed by atoms with Crippen LogP contribution in [0.5, 0.6) is 0 Å². The molecule has 92 valence electrons. The summed E-state index contributed by atoms with van der Waals surface area (Å²) in [5.41, 5.74) is 0. The highest BCUT2D eigenvalue weighted by atomic mass is 16.2. The Morgan fingerprint density at radius 3 is 2.88 bits per heavy atom. The van der Waals surface area contributed by atoms with Crippen molar-refractivity contribution in [2.45, 2.75) is 26.2 Å². The fourth-order valence-corrected chi connectivity index (χ4v) is 1.65. The molecule has 0 radical (unpaired) electrons. The maximum Gasteiger partial charge on any atom is 0.311 e. The van der Waals surface area contributed by atoms with Gasteiger partial charge in [-0.15, -0.1) is 0 Å². The Morgan fingerprint density at radius 2 is 2.12 bits per heavy atom. The molecular formula is C11H21N3O2. The summed E-state index contributed by atoms with van der Waals surface area (Å²) >= 11 is 0. The Labute approximate surface area is 96.6 Å². The van der Waals surface area contributed by atoms with Crippen LogP contribution in [0.3, 0.4) is 0 Å². The monoisotopic (exact) mass is 227 g/mol. The third-order valence-corrected chi connectivity index (χ3v) is 2.64. The number of hydrogen-bond acceptors (Lipinski definition) is 3. The second-order valence-electron chi connectivity index (χ2n) is 4.01. The number of amides is 2. The lowest BCUT2D eigenvalue weighted by Gasteiger charge is -2.18. The van der Waals surface area contributed by atoms with E-state index in [-0.39, 0.29) is 5.91 Å². The number of carbonyl (C=O) groups is 2. The van der Waals surface area contributed by atoms with Gasteiger partial charge in [0.2, 0.25) is 0 Å². The van der Waals surface area contributed by atoms with Gasteiger partial charge in [0.15, 0.2) is 0 Å². The fourth-order valence-electron chi connectivity index (χ4n) is 1.65. The molecule has 5 heteroatoms. The van der Waals surface area contributed by atoms with E-state index in [1.807, 2.05) is 0 Å². The van der Waals surface area contributed by atoms with Crippen LogP contribution in [0.15, 0.2) is 0 Å². The van der Waals surface area contributed by atoms with E-state index < -0.39 is 5.91 Å². The largest absolute Gasteiger partial charge is 0.348 e. The van der Waals surface area contributed by atoms with Gasteiger partial charge in [-0.3, -0.25) is 9.59 Å². The number of carbonyl (C=O) groups excluding carboxylic acids is 2. The van der Waals surface area contributed by atoms with Crippen molar-refractivity contribution in [3.8, 4) is 0 Å². The van der Waals surface area contributed by atoms with Gasteiger partial charge in [-0.25, -0.2) is 0 Å². The van der Waals surface area contributed by atoms with Crippen LogP contribution in [0.25, 0.3) is 0 Å². The highest BCUT2D eigenvalue weighted by Gasteiger charge is 2.21. The molecular weight excluding hydrogens is 206 g/mol. The molecule has 1 aliphatic rings. The summed E-state index contributed by atoms with van der Waals surface area (Å²) in [6.45, 7) is 5.63. The fraction of sp³-hybridized carbons (Fsp3) is 0.818. The summed E-state index contributed by atoms with van der Waals surface area (Å²) in [6, 6.07) is 0. The zero-order valence-electron chi connectivity index (χ0n) is 9.92. The van der Waals surface area contributed by atoms with Crippen molar-refractivity contribution in [1.82, 2.24) is 15.5 Å². The number of nitrogens with zero attached hydrogens (tertiary/aromatic N) is 1. The Bertz CT molecular complexity index is 235. The average molecular weight is 227 g/mol. The van der Waals surface area contributed by atoms with E-state index in [2.05, 4.69) is 17.6 Å². The number of hydrogen-bond donors (Lipinski definition) is 2. The first kappa shape index (κ1) is 13.0. The van der Waals surface area contributed by atoms with Crippen molar-refractivity contribution >= 4 is 11.8 Å². The first-order valence-corrected chi connectivity index (χ1v) is 6.03. The van der Waals surface area contributed by atoms with Crippen LogP contribution in [0.1, 0.15) is 26.2 Å². The Hall–Kier alpha value is -1.10. The normalized spacial score (nSPS) is 16.7. The lowest BCUT2D eigenvalue weighted by atomic mass is 10.3. The van der Waals surface area contributed by atoms with Crippen LogP contribution in [-0.4, -0.2) is 49.4 Å². The zero-order chi connectivity index (χ0) is 11.8. The maximum atomic E-state index is 11.7. The Morgan fingerprint density at radius 1 is 1.31 bits per heavy atom. The van der Waals surface area contributed by atoms with E-state index >= 15 is 0 Å². The highest BCUT2D eigenvalue weighted by Crippen LogP contribution is 1.96. The average Bonchev–Trinajstić information content (AvgIpc) is 2.56. The van der Waals surface area contributed by atoms with Gasteiger partial charge in [0.1, 0.15) is 0 Å². The van der Waals surface area contributed by atoms with Crippen LogP contribution in [-0.2, 0) is 9.59 Å². The molecule has 2 amide bonds. The van der Waals surface area contributed by atoms with Gasteiger partial charge in [-0.05, 0) is 19.4 Å². The third kappa shape index (κ3) is 4.18. The van der Waals surface area contributed by atoms with E-state index in [9.17, 15) is 9.59 Å². The minimum absolute atomic E-state index is 0.389. The van der Waals surface area contributed by atoms with Crippen molar-refractivity contribution in [2.75, 3.05) is 32.7 Å². The van der Waals surface area contributed by atoms with Crippen molar-refractivity contribution in [3.05, 3.63) is 0 Å². The van der Waals surface area contributed by atoms with Crippen molar-refractivity contribution in [2.24, 2.45) is 0 Å². The number of unbranched alkanes of at least 4 members (excludes halogenated alkanes) is 1. The standard InChI is InChI=1S/C11H21N3O2/c1-2-3-6-13-10(15)11(16)14-8-4-5-12-7-9-14/h12H,2-9H2,1H3,(H,13,15). The molecule has 1 aliphatic heterocycles. The summed E-state index contributed by atoms with van der Waals surface area (Å²) in [5.74, 6) is -0.852. The molecule has 0 atom stereocenters. The second kappa shape index (κ2) is 7.22. The lowest BCUT2D eigenvalue weighted by Crippen LogP contribution is -2.44. The minimum atomic E-state index is -0.463. The van der Waals surface area contributed by atoms with Crippen molar-refractivity contribution in [1.29, 1.82) is 0 Å². The van der Waals surface area contributed by atoms with E-state index in [1.165, 1.54) is 0 Å². The zero-order valence-corrected chi connectivity index (χ0v) is 9.92. The van der Waals surface area contributed by atoms with Crippen molar-refractivity contribution in [3.63, 3.8) is 0 Å². The second-order valence-corrected chi connectivity index (χ2v) is 4.01. The van der Waals surface area contributed by atoms with Crippen LogP contribution in [0, 0.1) is 0 Å². The topological polar surface area (TPSA) is 61.4 Å². The first-order chi connectivity index (χ1) is 7.75. The van der Waals surface area contributed by atoms with E-state index in [0.717, 1.165) is 32.4 Å². The highest BCUT2D eigenvalue weighted by molar-refractivity contribution is 6.35. The smallest absolute Gasteiger partial charge is 0.311 e. The van der Waals surface area contributed by atoms with Gasteiger partial charge in [-0.2, -0.15) is 0 Å². The van der Waals surface area contributed by atoms with Crippen molar-refractivity contribution < 1.29 is 9.59 Å². The molecule has 0 saturated carbocycles. The molecule has 5 nitrogen and oxygen atoms in total. The van der Waals surface area contributed by atoms with Gasteiger partial charge in [0.25, 0.3) is 0 Å². The van der Waals surface area contributed by atoms with Crippen LogP contribution in [0.4, 0.5) is 0 Å². The first-order valence-electron chi connectivity index (χ1n) is 6.03. The maximum absolute atomic E-state index is 11.7. The van der Waals surface area contributed by atoms with E-state index in [0.29, 0.717) is 19.6 Å². The molecule has 1 fully saturated rings. The summed E-state index contributed by atoms with van der Waals surface area (Å²) in [6.07, 6.45) is 2.84. The molecule has 0 aromatic rings. The molecule has 2 N–H and O–H groups in total.